The van der Waals surface area contributed by atoms with Gasteiger partial charge in [-0.25, -0.2) is 4.98 Å². The van der Waals surface area contributed by atoms with E-state index >= 15 is 0 Å². The number of carbonyl (C=O) groups is 1. The zero-order chi connectivity index (χ0) is 21.8. The lowest BCUT2D eigenvalue weighted by atomic mass is 10.2. The standard InChI is InChI=1S/C25H25N3O3/c1-18-11-12-28-16-21(26-24(28)13-18)25(29)27(2)15-20-9-10-22(23(14-20)30-3)31-17-19-7-5-4-6-8-19/h4-14,16H,15,17H2,1-3H3. The molecular weight excluding hydrogens is 390 g/mol. The minimum atomic E-state index is -0.135. The van der Waals surface area contributed by atoms with Crippen LogP contribution >= 0.6 is 0 Å². The minimum absolute atomic E-state index is 0.135. The lowest BCUT2D eigenvalue weighted by Crippen LogP contribution is -2.26. The number of methoxy groups -OCH3 is 1. The van der Waals surface area contributed by atoms with Crippen molar-refractivity contribution in [3.63, 3.8) is 0 Å². The maximum absolute atomic E-state index is 12.9. The molecule has 0 saturated carbocycles. The molecule has 2 aromatic heterocycles. The van der Waals surface area contributed by atoms with Crippen LogP contribution in [0.5, 0.6) is 11.5 Å². The fourth-order valence-corrected chi connectivity index (χ4v) is 3.39. The monoisotopic (exact) mass is 415 g/mol. The Bertz CT molecular complexity index is 1200. The third-order valence-electron chi connectivity index (χ3n) is 5.07. The van der Waals surface area contributed by atoms with Gasteiger partial charge in [-0.05, 0) is 47.9 Å². The second kappa shape index (κ2) is 8.92. The molecule has 0 atom stereocenters. The summed E-state index contributed by atoms with van der Waals surface area (Å²) in [7, 11) is 3.38. The van der Waals surface area contributed by atoms with Crippen LogP contribution in [0.3, 0.4) is 0 Å². The lowest BCUT2D eigenvalue weighted by Gasteiger charge is -2.17. The normalized spacial score (nSPS) is 10.8. The second-order valence-electron chi connectivity index (χ2n) is 7.52. The molecule has 0 aliphatic heterocycles. The van der Waals surface area contributed by atoms with Gasteiger partial charge in [0.15, 0.2) is 11.5 Å². The molecule has 0 unspecified atom stereocenters. The van der Waals surface area contributed by atoms with Crippen LogP contribution in [-0.4, -0.2) is 34.3 Å². The number of carbonyl (C=O) groups excluding carboxylic acids is 1. The van der Waals surface area contributed by atoms with Crippen molar-refractivity contribution in [1.29, 1.82) is 0 Å². The fourth-order valence-electron chi connectivity index (χ4n) is 3.39. The van der Waals surface area contributed by atoms with E-state index in [0.717, 1.165) is 22.3 Å². The van der Waals surface area contributed by atoms with Gasteiger partial charge in [0.2, 0.25) is 0 Å². The number of fused-ring (bicyclic) bond motifs is 1. The van der Waals surface area contributed by atoms with Gasteiger partial charge >= 0.3 is 0 Å². The maximum Gasteiger partial charge on any atom is 0.274 e. The second-order valence-corrected chi connectivity index (χ2v) is 7.52. The smallest absolute Gasteiger partial charge is 0.274 e. The van der Waals surface area contributed by atoms with E-state index in [1.54, 1.807) is 25.3 Å². The van der Waals surface area contributed by atoms with Crippen LogP contribution < -0.4 is 9.47 Å². The van der Waals surface area contributed by atoms with E-state index in [0.29, 0.717) is 30.3 Å². The van der Waals surface area contributed by atoms with E-state index in [-0.39, 0.29) is 5.91 Å². The van der Waals surface area contributed by atoms with Crippen molar-refractivity contribution in [3.8, 4) is 11.5 Å². The van der Waals surface area contributed by atoms with Crippen molar-refractivity contribution in [1.82, 2.24) is 14.3 Å². The first kappa shape index (κ1) is 20.5. The Morgan fingerprint density at radius 2 is 1.84 bits per heavy atom. The van der Waals surface area contributed by atoms with Crippen molar-refractivity contribution < 1.29 is 14.3 Å². The van der Waals surface area contributed by atoms with Gasteiger partial charge in [-0.15, -0.1) is 0 Å². The molecular formula is C25H25N3O3. The number of ether oxygens (including phenoxy) is 2. The molecule has 6 heteroatoms. The SMILES string of the molecule is COc1cc(CN(C)C(=O)c2cn3ccc(C)cc3n2)ccc1OCc1ccccc1. The Balaban J connectivity index is 1.45. The van der Waals surface area contributed by atoms with Gasteiger partial charge in [0.1, 0.15) is 17.9 Å². The van der Waals surface area contributed by atoms with Gasteiger partial charge in [-0.3, -0.25) is 4.79 Å². The third-order valence-corrected chi connectivity index (χ3v) is 5.07. The van der Waals surface area contributed by atoms with Gasteiger partial charge in [-0.1, -0.05) is 36.4 Å². The van der Waals surface area contributed by atoms with Crippen LogP contribution in [0.25, 0.3) is 5.65 Å². The molecule has 0 radical (unpaired) electrons. The predicted octanol–water partition coefficient (Wildman–Crippen LogP) is 4.50. The zero-order valence-corrected chi connectivity index (χ0v) is 17.9. The number of nitrogens with zero attached hydrogens (tertiary/aromatic N) is 3. The van der Waals surface area contributed by atoms with E-state index in [4.69, 9.17) is 9.47 Å². The molecule has 0 fully saturated rings. The summed E-state index contributed by atoms with van der Waals surface area (Å²) in [5.74, 6) is 1.17. The Hall–Kier alpha value is -3.80. The van der Waals surface area contributed by atoms with Crippen molar-refractivity contribution >= 4 is 11.6 Å². The number of aromatic nitrogens is 2. The molecule has 0 bridgehead atoms. The lowest BCUT2D eigenvalue weighted by molar-refractivity contribution is 0.0780. The number of hydrogen-bond donors (Lipinski definition) is 0. The molecule has 0 N–H and O–H groups in total. The summed E-state index contributed by atoms with van der Waals surface area (Å²) < 4.78 is 13.3. The summed E-state index contributed by atoms with van der Waals surface area (Å²) in [6.07, 6.45) is 3.67. The highest BCUT2D eigenvalue weighted by molar-refractivity contribution is 5.92. The van der Waals surface area contributed by atoms with Gasteiger partial charge in [0.25, 0.3) is 5.91 Å². The first-order valence-electron chi connectivity index (χ1n) is 10.1. The Morgan fingerprint density at radius 3 is 2.61 bits per heavy atom. The summed E-state index contributed by atoms with van der Waals surface area (Å²) in [6.45, 7) is 2.90. The molecule has 0 saturated heterocycles. The van der Waals surface area contributed by atoms with E-state index in [9.17, 15) is 4.79 Å². The van der Waals surface area contributed by atoms with Crippen LogP contribution in [0.1, 0.15) is 27.2 Å². The molecule has 4 rings (SSSR count). The summed E-state index contributed by atoms with van der Waals surface area (Å²) in [5.41, 5.74) is 4.31. The molecule has 31 heavy (non-hydrogen) atoms. The molecule has 1 amide bonds. The van der Waals surface area contributed by atoms with Crippen LogP contribution in [0.4, 0.5) is 0 Å². The first-order valence-corrected chi connectivity index (χ1v) is 10.1. The van der Waals surface area contributed by atoms with Gasteiger partial charge in [0.05, 0.1) is 7.11 Å². The third kappa shape index (κ3) is 4.69. The molecule has 0 spiro atoms. The Labute approximate surface area is 181 Å². The summed E-state index contributed by atoms with van der Waals surface area (Å²) in [5, 5.41) is 0. The fraction of sp³-hybridized carbons (Fsp3) is 0.200. The zero-order valence-electron chi connectivity index (χ0n) is 17.9. The number of benzene rings is 2. The summed E-state index contributed by atoms with van der Waals surface area (Å²) in [6, 6.07) is 19.6. The van der Waals surface area contributed by atoms with E-state index in [1.807, 2.05) is 78.2 Å². The van der Waals surface area contributed by atoms with Crippen molar-refractivity contribution in [3.05, 3.63) is 95.4 Å². The topological polar surface area (TPSA) is 56.1 Å². The van der Waals surface area contributed by atoms with Crippen LogP contribution in [0, 0.1) is 6.92 Å². The van der Waals surface area contributed by atoms with Gasteiger partial charge < -0.3 is 18.8 Å². The highest BCUT2D eigenvalue weighted by Crippen LogP contribution is 2.29. The Kier molecular flexibility index (Phi) is 5.89. The molecule has 4 aromatic rings. The van der Waals surface area contributed by atoms with Gasteiger partial charge in [0, 0.05) is 26.0 Å². The number of rotatable bonds is 7. The number of imidazole rings is 1. The average Bonchev–Trinajstić information content (AvgIpc) is 3.21. The van der Waals surface area contributed by atoms with Crippen molar-refractivity contribution in [2.45, 2.75) is 20.1 Å². The molecule has 0 aliphatic rings. The molecule has 2 aromatic carbocycles. The summed E-state index contributed by atoms with van der Waals surface area (Å²) in [4.78, 5) is 19.0. The number of pyridine rings is 1. The van der Waals surface area contributed by atoms with E-state index in [1.165, 1.54) is 0 Å². The van der Waals surface area contributed by atoms with Crippen molar-refractivity contribution in [2.24, 2.45) is 0 Å². The van der Waals surface area contributed by atoms with Gasteiger partial charge in [-0.2, -0.15) is 0 Å². The Morgan fingerprint density at radius 1 is 1.03 bits per heavy atom. The quantitative estimate of drug-likeness (QED) is 0.446. The van der Waals surface area contributed by atoms with Crippen LogP contribution in [0.2, 0.25) is 0 Å². The van der Waals surface area contributed by atoms with Crippen LogP contribution in [-0.2, 0) is 13.2 Å². The molecule has 6 nitrogen and oxygen atoms in total. The van der Waals surface area contributed by atoms with E-state index in [2.05, 4.69) is 4.98 Å². The first-order chi connectivity index (χ1) is 15.0. The number of amides is 1. The average molecular weight is 415 g/mol. The van der Waals surface area contributed by atoms with Crippen molar-refractivity contribution in [2.75, 3.05) is 14.2 Å². The molecule has 0 aliphatic carbocycles. The highest BCUT2D eigenvalue weighted by Gasteiger charge is 2.17. The molecule has 2 heterocycles. The predicted molar refractivity (Wildman–Crippen MR) is 119 cm³/mol. The minimum Gasteiger partial charge on any atom is -0.493 e. The van der Waals surface area contributed by atoms with E-state index < -0.39 is 0 Å². The maximum atomic E-state index is 12.9. The summed E-state index contributed by atoms with van der Waals surface area (Å²) >= 11 is 0. The van der Waals surface area contributed by atoms with Crippen LogP contribution in [0.15, 0.2) is 73.1 Å². The highest BCUT2D eigenvalue weighted by atomic mass is 16.5. The number of hydrogen-bond acceptors (Lipinski definition) is 4. The largest absolute Gasteiger partial charge is 0.493 e. The number of aryl methyl sites for hydroxylation is 1. The molecule has 158 valence electrons.